The molecule has 1 aromatic rings. The zero-order valence-electron chi connectivity index (χ0n) is 9.93. The summed E-state index contributed by atoms with van der Waals surface area (Å²) >= 11 is 0. The van der Waals surface area contributed by atoms with E-state index >= 15 is 0 Å². The largest absolute Gasteiger partial charge is 0.375 e. The standard InChI is InChI=1S/C12H17N3O2/c1-2-11-9-15(6-7-17-11)12(16)14-10-4-3-5-13-8-10/h3-5,8,11H,2,6-7,9H2,1H3,(H,14,16). The van der Waals surface area contributed by atoms with Gasteiger partial charge >= 0.3 is 6.03 Å². The van der Waals surface area contributed by atoms with E-state index in [1.165, 1.54) is 0 Å². The lowest BCUT2D eigenvalue weighted by Gasteiger charge is -2.32. The molecule has 0 saturated carbocycles. The molecule has 1 unspecified atom stereocenters. The first-order valence-corrected chi connectivity index (χ1v) is 5.87. The maximum Gasteiger partial charge on any atom is 0.322 e. The second-order valence-corrected chi connectivity index (χ2v) is 4.02. The summed E-state index contributed by atoms with van der Waals surface area (Å²) in [7, 11) is 0. The molecule has 1 fully saturated rings. The van der Waals surface area contributed by atoms with Crippen molar-refractivity contribution in [2.75, 3.05) is 25.0 Å². The minimum atomic E-state index is -0.0836. The quantitative estimate of drug-likeness (QED) is 0.849. The minimum absolute atomic E-state index is 0.0836. The summed E-state index contributed by atoms with van der Waals surface area (Å²) in [6.45, 7) is 3.97. The SMILES string of the molecule is CCC1CN(C(=O)Nc2cccnc2)CCO1. The minimum Gasteiger partial charge on any atom is -0.375 e. The Bertz CT molecular complexity index is 369. The van der Waals surface area contributed by atoms with E-state index in [1.54, 1.807) is 23.4 Å². The Balaban J connectivity index is 1.91. The molecule has 1 aliphatic rings. The van der Waals surface area contributed by atoms with E-state index in [-0.39, 0.29) is 12.1 Å². The van der Waals surface area contributed by atoms with Gasteiger partial charge in [-0.2, -0.15) is 0 Å². The van der Waals surface area contributed by atoms with Crippen LogP contribution in [0.3, 0.4) is 0 Å². The Hall–Kier alpha value is -1.62. The van der Waals surface area contributed by atoms with Gasteiger partial charge < -0.3 is 15.0 Å². The zero-order chi connectivity index (χ0) is 12.1. The highest BCUT2D eigenvalue weighted by molar-refractivity contribution is 5.89. The molecule has 2 rings (SSSR count). The number of ether oxygens (including phenoxy) is 1. The third kappa shape index (κ3) is 3.17. The molecule has 0 radical (unpaired) electrons. The summed E-state index contributed by atoms with van der Waals surface area (Å²) in [5.74, 6) is 0. The molecule has 1 N–H and O–H groups in total. The summed E-state index contributed by atoms with van der Waals surface area (Å²) in [5, 5.41) is 2.83. The predicted octanol–water partition coefficient (Wildman–Crippen LogP) is 1.72. The van der Waals surface area contributed by atoms with E-state index in [0.29, 0.717) is 19.7 Å². The topological polar surface area (TPSA) is 54.5 Å². The van der Waals surface area contributed by atoms with Gasteiger partial charge in [-0.15, -0.1) is 0 Å². The monoisotopic (exact) mass is 235 g/mol. The van der Waals surface area contributed by atoms with Gasteiger partial charge in [-0.25, -0.2) is 4.79 Å². The molecule has 92 valence electrons. The summed E-state index contributed by atoms with van der Waals surface area (Å²) in [6.07, 6.45) is 4.40. The number of morpholine rings is 1. The number of anilines is 1. The van der Waals surface area contributed by atoms with Crippen LogP contribution in [0.5, 0.6) is 0 Å². The zero-order valence-corrected chi connectivity index (χ0v) is 9.93. The fourth-order valence-corrected chi connectivity index (χ4v) is 1.79. The third-order valence-corrected chi connectivity index (χ3v) is 2.79. The van der Waals surface area contributed by atoms with Gasteiger partial charge in [0.1, 0.15) is 0 Å². The molecule has 2 amide bonds. The van der Waals surface area contributed by atoms with Crippen LogP contribution in [0.4, 0.5) is 10.5 Å². The molecule has 1 aromatic heterocycles. The highest BCUT2D eigenvalue weighted by atomic mass is 16.5. The average Bonchev–Trinajstić information content (AvgIpc) is 2.40. The van der Waals surface area contributed by atoms with Crippen LogP contribution in [0.1, 0.15) is 13.3 Å². The van der Waals surface area contributed by atoms with E-state index in [4.69, 9.17) is 4.74 Å². The summed E-state index contributed by atoms with van der Waals surface area (Å²) in [6, 6.07) is 3.53. The van der Waals surface area contributed by atoms with Crippen molar-refractivity contribution < 1.29 is 9.53 Å². The predicted molar refractivity (Wildman–Crippen MR) is 64.9 cm³/mol. The van der Waals surface area contributed by atoms with Crippen molar-refractivity contribution in [3.8, 4) is 0 Å². The Morgan fingerprint density at radius 2 is 2.59 bits per heavy atom. The van der Waals surface area contributed by atoms with Crippen molar-refractivity contribution >= 4 is 11.7 Å². The first-order valence-electron chi connectivity index (χ1n) is 5.87. The fourth-order valence-electron chi connectivity index (χ4n) is 1.79. The number of aromatic nitrogens is 1. The van der Waals surface area contributed by atoms with Crippen molar-refractivity contribution in [2.45, 2.75) is 19.4 Å². The van der Waals surface area contributed by atoms with E-state index in [2.05, 4.69) is 17.2 Å². The molecule has 0 aromatic carbocycles. The molecule has 5 heteroatoms. The maximum atomic E-state index is 12.0. The lowest BCUT2D eigenvalue weighted by Crippen LogP contribution is -2.47. The number of hydrogen-bond donors (Lipinski definition) is 1. The molecule has 0 bridgehead atoms. The van der Waals surface area contributed by atoms with Gasteiger partial charge in [0.25, 0.3) is 0 Å². The van der Waals surface area contributed by atoms with Crippen molar-refractivity contribution in [1.29, 1.82) is 0 Å². The highest BCUT2D eigenvalue weighted by Crippen LogP contribution is 2.10. The summed E-state index contributed by atoms with van der Waals surface area (Å²) < 4.78 is 5.52. The third-order valence-electron chi connectivity index (χ3n) is 2.79. The van der Waals surface area contributed by atoms with Crippen LogP contribution in [0.15, 0.2) is 24.5 Å². The molecule has 2 heterocycles. The summed E-state index contributed by atoms with van der Waals surface area (Å²) in [5.41, 5.74) is 0.719. The van der Waals surface area contributed by atoms with Gasteiger partial charge in [-0.1, -0.05) is 6.92 Å². The molecule has 5 nitrogen and oxygen atoms in total. The number of nitrogens with one attached hydrogen (secondary N) is 1. The molecule has 1 atom stereocenters. The molecule has 0 spiro atoms. The lowest BCUT2D eigenvalue weighted by atomic mass is 10.2. The first kappa shape index (κ1) is 11.9. The van der Waals surface area contributed by atoms with Crippen LogP contribution in [0.25, 0.3) is 0 Å². The van der Waals surface area contributed by atoms with Crippen LogP contribution in [-0.4, -0.2) is 41.7 Å². The smallest absolute Gasteiger partial charge is 0.322 e. The molecule has 0 aliphatic carbocycles. The van der Waals surface area contributed by atoms with E-state index in [9.17, 15) is 4.79 Å². The second-order valence-electron chi connectivity index (χ2n) is 4.02. The van der Waals surface area contributed by atoms with Crippen LogP contribution >= 0.6 is 0 Å². The Morgan fingerprint density at radius 3 is 3.29 bits per heavy atom. The van der Waals surface area contributed by atoms with Gasteiger partial charge in [0.2, 0.25) is 0 Å². The molecule has 17 heavy (non-hydrogen) atoms. The average molecular weight is 235 g/mol. The highest BCUT2D eigenvalue weighted by Gasteiger charge is 2.22. The van der Waals surface area contributed by atoms with Gasteiger partial charge in [-0.3, -0.25) is 4.98 Å². The van der Waals surface area contributed by atoms with Crippen LogP contribution in [-0.2, 0) is 4.74 Å². The van der Waals surface area contributed by atoms with E-state index in [1.807, 2.05) is 6.07 Å². The number of hydrogen-bond acceptors (Lipinski definition) is 3. The van der Waals surface area contributed by atoms with Gasteiger partial charge in [0.15, 0.2) is 0 Å². The Labute approximate surface area is 101 Å². The van der Waals surface area contributed by atoms with Gasteiger partial charge in [0, 0.05) is 19.3 Å². The number of amides is 2. The van der Waals surface area contributed by atoms with Crippen LogP contribution in [0, 0.1) is 0 Å². The van der Waals surface area contributed by atoms with Crippen molar-refractivity contribution in [3.05, 3.63) is 24.5 Å². The van der Waals surface area contributed by atoms with Crippen molar-refractivity contribution in [3.63, 3.8) is 0 Å². The number of carbonyl (C=O) groups excluding carboxylic acids is 1. The van der Waals surface area contributed by atoms with Gasteiger partial charge in [-0.05, 0) is 18.6 Å². The van der Waals surface area contributed by atoms with E-state index < -0.39 is 0 Å². The number of nitrogens with zero attached hydrogens (tertiary/aromatic N) is 2. The number of rotatable bonds is 2. The fraction of sp³-hybridized carbons (Fsp3) is 0.500. The molecule has 1 saturated heterocycles. The molecule has 1 aliphatic heterocycles. The molecular weight excluding hydrogens is 218 g/mol. The van der Waals surface area contributed by atoms with Gasteiger partial charge in [0.05, 0.1) is 24.6 Å². The van der Waals surface area contributed by atoms with E-state index in [0.717, 1.165) is 12.1 Å². The normalized spacial score (nSPS) is 20.1. The Kier molecular flexibility index (Phi) is 3.93. The Morgan fingerprint density at radius 1 is 1.71 bits per heavy atom. The first-order chi connectivity index (χ1) is 8.29. The lowest BCUT2D eigenvalue weighted by molar-refractivity contribution is -0.0134. The van der Waals surface area contributed by atoms with Crippen molar-refractivity contribution in [1.82, 2.24) is 9.88 Å². The second kappa shape index (κ2) is 5.63. The number of urea groups is 1. The van der Waals surface area contributed by atoms with Crippen LogP contribution < -0.4 is 5.32 Å². The van der Waals surface area contributed by atoms with Crippen molar-refractivity contribution in [2.24, 2.45) is 0 Å². The van der Waals surface area contributed by atoms with Crippen LogP contribution in [0.2, 0.25) is 0 Å². The summed E-state index contributed by atoms with van der Waals surface area (Å²) in [4.78, 5) is 17.7. The molecular formula is C12H17N3O2. The number of carbonyl (C=O) groups is 1. The maximum absolute atomic E-state index is 12.0. The number of pyridine rings is 1.